The van der Waals surface area contributed by atoms with Gasteiger partial charge in [-0.05, 0) is 68.8 Å². The average molecular weight is 389 g/mol. The summed E-state index contributed by atoms with van der Waals surface area (Å²) >= 11 is 0. The topological polar surface area (TPSA) is 50.8 Å². The molecular weight excluding hydrogens is 352 g/mol. The zero-order chi connectivity index (χ0) is 19.8. The molecule has 3 rings (SSSR count). The minimum Gasteiger partial charge on any atom is -0.494 e. The Hall–Kier alpha value is -1.59. The monoisotopic (exact) mass is 388 g/mol. The second-order valence-electron chi connectivity index (χ2n) is 8.49. The molecule has 1 aliphatic carbocycles. The molecule has 2 fully saturated rings. The number of anilines is 1. The van der Waals surface area contributed by atoms with Gasteiger partial charge in [0.15, 0.2) is 0 Å². The van der Waals surface area contributed by atoms with Gasteiger partial charge in [-0.15, -0.1) is 0 Å². The van der Waals surface area contributed by atoms with E-state index in [4.69, 9.17) is 9.47 Å². The lowest BCUT2D eigenvalue weighted by molar-refractivity contribution is -0.141. The number of carbonyl (C=O) groups is 1. The highest BCUT2D eigenvalue weighted by atomic mass is 16.5. The van der Waals surface area contributed by atoms with Gasteiger partial charge < -0.3 is 19.7 Å². The predicted octanol–water partition coefficient (Wildman–Crippen LogP) is 4.48. The van der Waals surface area contributed by atoms with Crippen LogP contribution in [-0.4, -0.2) is 49.8 Å². The molecule has 5 heteroatoms. The molecule has 1 heterocycles. The Morgan fingerprint density at radius 2 is 1.93 bits per heavy atom. The van der Waals surface area contributed by atoms with E-state index < -0.39 is 5.60 Å². The van der Waals surface area contributed by atoms with Gasteiger partial charge in [0.05, 0.1) is 6.61 Å². The first-order valence-corrected chi connectivity index (χ1v) is 10.9. The number of carbonyl (C=O) groups excluding carboxylic acids is 1. The highest BCUT2D eigenvalue weighted by Gasteiger charge is 2.39. The standard InChI is InChI=1S/C23H36N2O3/c1-19-8-6-15-25(18-19)16-7-17-28-21-11-9-20(10-12-21)24-22(26)23(27-2)13-4-3-5-14-23/h9-12,19H,3-8,13-18H2,1-2H3,(H,24,26)/t19-/m0/s1. The van der Waals surface area contributed by atoms with Crippen molar-refractivity contribution in [3.63, 3.8) is 0 Å². The normalized spacial score (nSPS) is 22.6. The van der Waals surface area contributed by atoms with Crippen molar-refractivity contribution >= 4 is 11.6 Å². The zero-order valence-electron chi connectivity index (χ0n) is 17.5. The van der Waals surface area contributed by atoms with Crippen LogP contribution in [0.5, 0.6) is 5.75 Å². The molecule has 1 aliphatic heterocycles. The molecule has 0 radical (unpaired) electrons. The van der Waals surface area contributed by atoms with Crippen molar-refractivity contribution in [2.24, 2.45) is 5.92 Å². The first-order valence-electron chi connectivity index (χ1n) is 10.9. The Balaban J connectivity index is 1.41. The highest BCUT2D eigenvalue weighted by Crippen LogP contribution is 2.32. The van der Waals surface area contributed by atoms with E-state index >= 15 is 0 Å². The first kappa shape index (κ1) is 21.1. The molecule has 5 nitrogen and oxygen atoms in total. The number of piperidine rings is 1. The van der Waals surface area contributed by atoms with E-state index in [1.54, 1.807) is 7.11 Å². The molecule has 1 saturated carbocycles. The van der Waals surface area contributed by atoms with Crippen molar-refractivity contribution in [1.82, 2.24) is 4.90 Å². The van der Waals surface area contributed by atoms with Crippen LogP contribution in [0.2, 0.25) is 0 Å². The largest absolute Gasteiger partial charge is 0.494 e. The van der Waals surface area contributed by atoms with E-state index in [1.807, 2.05) is 24.3 Å². The Bertz CT molecular complexity index is 611. The van der Waals surface area contributed by atoms with Gasteiger partial charge in [0.1, 0.15) is 11.4 Å². The lowest BCUT2D eigenvalue weighted by Crippen LogP contribution is -2.46. The summed E-state index contributed by atoms with van der Waals surface area (Å²) in [7, 11) is 1.65. The van der Waals surface area contributed by atoms with Crippen molar-refractivity contribution < 1.29 is 14.3 Å². The number of amides is 1. The van der Waals surface area contributed by atoms with E-state index in [0.29, 0.717) is 0 Å². The summed E-state index contributed by atoms with van der Waals surface area (Å²) in [5, 5.41) is 3.02. The van der Waals surface area contributed by atoms with Gasteiger partial charge >= 0.3 is 0 Å². The number of likely N-dealkylation sites (tertiary alicyclic amines) is 1. The third-order valence-electron chi connectivity index (χ3n) is 6.21. The molecule has 156 valence electrons. The molecule has 0 spiro atoms. The maximum Gasteiger partial charge on any atom is 0.256 e. The Morgan fingerprint density at radius 3 is 2.61 bits per heavy atom. The minimum atomic E-state index is -0.667. The Kier molecular flexibility index (Phi) is 7.74. The van der Waals surface area contributed by atoms with Crippen LogP contribution >= 0.6 is 0 Å². The lowest BCUT2D eigenvalue weighted by Gasteiger charge is -2.34. The summed E-state index contributed by atoms with van der Waals surface area (Å²) in [6.45, 7) is 6.62. The van der Waals surface area contributed by atoms with Crippen molar-refractivity contribution in [3.05, 3.63) is 24.3 Å². The number of nitrogens with zero attached hydrogens (tertiary/aromatic N) is 1. The third-order valence-corrected chi connectivity index (χ3v) is 6.21. The Morgan fingerprint density at radius 1 is 1.18 bits per heavy atom. The molecule has 0 aromatic heterocycles. The van der Waals surface area contributed by atoms with Gasteiger partial charge in [-0.25, -0.2) is 0 Å². The number of methoxy groups -OCH3 is 1. The summed E-state index contributed by atoms with van der Waals surface area (Å²) < 4.78 is 11.5. The molecule has 1 N–H and O–H groups in total. The molecule has 2 aliphatic rings. The number of rotatable bonds is 8. The van der Waals surface area contributed by atoms with Crippen LogP contribution in [0.15, 0.2) is 24.3 Å². The van der Waals surface area contributed by atoms with Crippen molar-refractivity contribution in [2.45, 2.75) is 63.9 Å². The lowest BCUT2D eigenvalue weighted by atomic mass is 9.84. The van der Waals surface area contributed by atoms with Crippen molar-refractivity contribution in [1.29, 1.82) is 0 Å². The molecule has 1 aromatic carbocycles. The van der Waals surface area contributed by atoms with Crippen LogP contribution in [0, 0.1) is 5.92 Å². The fraction of sp³-hybridized carbons (Fsp3) is 0.696. The molecule has 28 heavy (non-hydrogen) atoms. The van der Waals surface area contributed by atoms with E-state index in [-0.39, 0.29) is 5.91 Å². The second kappa shape index (κ2) is 10.3. The SMILES string of the molecule is COC1(C(=O)Nc2ccc(OCCCN3CCC[C@H](C)C3)cc2)CCCCC1. The quantitative estimate of drug-likeness (QED) is 0.667. The second-order valence-corrected chi connectivity index (χ2v) is 8.49. The van der Waals surface area contributed by atoms with Gasteiger partial charge in [-0.2, -0.15) is 0 Å². The maximum atomic E-state index is 12.7. The molecule has 1 amide bonds. The van der Waals surface area contributed by atoms with Crippen LogP contribution in [0.25, 0.3) is 0 Å². The molecule has 1 saturated heterocycles. The molecule has 0 bridgehead atoms. The summed E-state index contributed by atoms with van der Waals surface area (Å²) in [6.07, 6.45) is 8.59. The van der Waals surface area contributed by atoms with Crippen LogP contribution < -0.4 is 10.1 Å². The minimum absolute atomic E-state index is 0.0286. The Labute approximate surface area is 169 Å². The fourth-order valence-corrected chi connectivity index (χ4v) is 4.49. The van der Waals surface area contributed by atoms with Crippen LogP contribution in [0.1, 0.15) is 58.3 Å². The van der Waals surface area contributed by atoms with Crippen LogP contribution in [0.3, 0.4) is 0 Å². The fourth-order valence-electron chi connectivity index (χ4n) is 4.49. The summed E-state index contributed by atoms with van der Waals surface area (Å²) in [5.41, 5.74) is 0.126. The van der Waals surface area contributed by atoms with E-state index in [9.17, 15) is 4.79 Å². The maximum absolute atomic E-state index is 12.7. The molecular formula is C23H36N2O3. The van der Waals surface area contributed by atoms with Crippen LogP contribution in [0.4, 0.5) is 5.69 Å². The van der Waals surface area contributed by atoms with E-state index in [1.165, 1.54) is 32.4 Å². The van der Waals surface area contributed by atoms with Crippen molar-refractivity contribution in [2.75, 3.05) is 38.7 Å². The predicted molar refractivity (Wildman–Crippen MR) is 113 cm³/mol. The molecule has 1 atom stereocenters. The number of hydrogen-bond acceptors (Lipinski definition) is 4. The summed E-state index contributed by atoms with van der Waals surface area (Å²) in [5.74, 6) is 1.64. The summed E-state index contributed by atoms with van der Waals surface area (Å²) in [4.78, 5) is 15.3. The highest BCUT2D eigenvalue weighted by molar-refractivity contribution is 5.97. The van der Waals surface area contributed by atoms with Crippen LogP contribution in [-0.2, 0) is 9.53 Å². The zero-order valence-corrected chi connectivity index (χ0v) is 17.5. The molecule has 0 unspecified atom stereocenters. The van der Waals surface area contributed by atoms with Gasteiger partial charge in [-0.1, -0.05) is 26.2 Å². The number of hydrogen-bond donors (Lipinski definition) is 1. The van der Waals surface area contributed by atoms with Gasteiger partial charge in [0, 0.05) is 25.9 Å². The van der Waals surface area contributed by atoms with Gasteiger partial charge in [-0.3, -0.25) is 4.79 Å². The van der Waals surface area contributed by atoms with E-state index in [0.717, 1.165) is 62.6 Å². The average Bonchev–Trinajstić information content (AvgIpc) is 2.73. The van der Waals surface area contributed by atoms with Gasteiger partial charge in [0.25, 0.3) is 5.91 Å². The van der Waals surface area contributed by atoms with Crippen molar-refractivity contribution in [3.8, 4) is 5.75 Å². The smallest absolute Gasteiger partial charge is 0.256 e. The number of benzene rings is 1. The number of ether oxygens (including phenoxy) is 2. The third kappa shape index (κ3) is 5.71. The van der Waals surface area contributed by atoms with E-state index in [2.05, 4.69) is 17.1 Å². The van der Waals surface area contributed by atoms with Gasteiger partial charge in [0.2, 0.25) is 0 Å². The summed E-state index contributed by atoms with van der Waals surface area (Å²) in [6, 6.07) is 7.68. The molecule has 1 aromatic rings. The first-order chi connectivity index (χ1) is 13.6. The number of nitrogens with one attached hydrogen (secondary N) is 1.